The van der Waals surface area contributed by atoms with E-state index in [2.05, 4.69) is 20.6 Å². The smallest absolute Gasteiger partial charge is 0.274 e. The first-order valence-corrected chi connectivity index (χ1v) is 8.71. The Balaban J connectivity index is 1.58. The maximum absolute atomic E-state index is 12.4. The van der Waals surface area contributed by atoms with Crippen LogP contribution in [0.2, 0.25) is 0 Å². The average molecular weight is 362 g/mol. The van der Waals surface area contributed by atoms with Crippen molar-refractivity contribution in [1.82, 2.24) is 9.97 Å². The molecule has 0 aliphatic carbocycles. The molecular formula is C21H22N4O2. The highest BCUT2D eigenvalue weighted by Gasteiger charge is 2.09. The number of carbonyl (C=O) groups is 1. The van der Waals surface area contributed by atoms with Crippen molar-refractivity contribution in [3.05, 3.63) is 77.7 Å². The molecule has 2 aromatic carbocycles. The van der Waals surface area contributed by atoms with Gasteiger partial charge in [-0.1, -0.05) is 24.3 Å². The van der Waals surface area contributed by atoms with E-state index in [4.69, 9.17) is 4.74 Å². The van der Waals surface area contributed by atoms with Crippen LogP contribution >= 0.6 is 0 Å². The summed E-state index contributed by atoms with van der Waals surface area (Å²) in [5, 5.41) is 6.08. The second-order valence-corrected chi connectivity index (χ2v) is 6.14. The summed E-state index contributed by atoms with van der Waals surface area (Å²) in [4.78, 5) is 20.6. The lowest BCUT2D eigenvalue weighted by Crippen LogP contribution is -2.15. The van der Waals surface area contributed by atoms with Gasteiger partial charge in [0.05, 0.1) is 7.11 Å². The maximum atomic E-state index is 12.4. The predicted molar refractivity (Wildman–Crippen MR) is 106 cm³/mol. The van der Waals surface area contributed by atoms with Crippen molar-refractivity contribution in [2.24, 2.45) is 0 Å². The van der Waals surface area contributed by atoms with E-state index in [9.17, 15) is 4.79 Å². The van der Waals surface area contributed by atoms with Crippen LogP contribution in [0.5, 0.6) is 5.75 Å². The minimum absolute atomic E-state index is 0.265. The summed E-state index contributed by atoms with van der Waals surface area (Å²) < 4.78 is 5.23. The first kappa shape index (κ1) is 18.4. The third-order valence-corrected chi connectivity index (χ3v) is 4.03. The molecule has 3 rings (SSSR count). The molecule has 2 N–H and O–H groups in total. The molecule has 0 radical (unpaired) electrons. The normalized spacial score (nSPS) is 10.3. The maximum Gasteiger partial charge on any atom is 0.274 e. The fourth-order valence-corrected chi connectivity index (χ4v) is 2.66. The quantitative estimate of drug-likeness (QED) is 0.670. The zero-order chi connectivity index (χ0) is 19.1. The molecule has 1 aromatic heterocycles. The van der Waals surface area contributed by atoms with Crippen LogP contribution in [0.4, 0.5) is 11.5 Å². The number of nitrogens with one attached hydrogen (secondary N) is 2. The van der Waals surface area contributed by atoms with E-state index in [1.807, 2.05) is 55.5 Å². The molecule has 0 unspecified atom stereocenters. The molecule has 0 bridgehead atoms. The molecule has 6 heteroatoms. The van der Waals surface area contributed by atoms with Gasteiger partial charge in [0.15, 0.2) is 0 Å². The molecule has 0 saturated carbocycles. The Hall–Kier alpha value is -3.41. The number of hydrogen-bond acceptors (Lipinski definition) is 5. The Kier molecular flexibility index (Phi) is 5.99. The molecule has 0 saturated heterocycles. The molecule has 0 aliphatic heterocycles. The molecule has 27 heavy (non-hydrogen) atoms. The van der Waals surface area contributed by atoms with Crippen LogP contribution in [0.25, 0.3) is 0 Å². The van der Waals surface area contributed by atoms with Crippen LogP contribution in [0.15, 0.2) is 60.9 Å². The van der Waals surface area contributed by atoms with Gasteiger partial charge < -0.3 is 15.4 Å². The van der Waals surface area contributed by atoms with E-state index in [1.165, 1.54) is 6.33 Å². The van der Waals surface area contributed by atoms with Crippen LogP contribution in [0.3, 0.4) is 0 Å². The van der Waals surface area contributed by atoms with Crippen molar-refractivity contribution < 1.29 is 9.53 Å². The van der Waals surface area contributed by atoms with Gasteiger partial charge in [0.2, 0.25) is 0 Å². The number of anilines is 2. The Labute approximate surface area is 158 Å². The van der Waals surface area contributed by atoms with E-state index < -0.39 is 0 Å². The standard InChI is InChI=1S/C21H22N4O2/c1-15-5-3-7-17(11-15)25-21(26)19-13-20(24-14-23-19)22-10-9-16-6-4-8-18(12-16)27-2/h3-8,11-14H,9-10H2,1-2H3,(H,25,26)(H,22,23,24). The third-order valence-electron chi connectivity index (χ3n) is 4.03. The van der Waals surface area contributed by atoms with Gasteiger partial charge in [-0.3, -0.25) is 4.79 Å². The van der Waals surface area contributed by atoms with Crippen LogP contribution in [0, 0.1) is 6.92 Å². The largest absolute Gasteiger partial charge is 0.497 e. The molecule has 0 fully saturated rings. The molecule has 0 atom stereocenters. The number of carbonyl (C=O) groups excluding carboxylic acids is 1. The zero-order valence-corrected chi connectivity index (χ0v) is 15.4. The summed E-state index contributed by atoms with van der Waals surface area (Å²) >= 11 is 0. The van der Waals surface area contributed by atoms with Crippen molar-refractivity contribution in [2.75, 3.05) is 24.3 Å². The second kappa shape index (κ2) is 8.80. The Morgan fingerprint density at radius 1 is 1.07 bits per heavy atom. The minimum atomic E-state index is -0.265. The van der Waals surface area contributed by atoms with Gasteiger partial charge >= 0.3 is 0 Å². The fraction of sp³-hybridized carbons (Fsp3) is 0.190. The Bertz CT molecular complexity index is 927. The van der Waals surface area contributed by atoms with Crippen LogP contribution < -0.4 is 15.4 Å². The topological polar surface area (TPSA) is 76.1 Å². The number of benzene rings is 2. The van der Waals surface area contributed by atoms with E-state index in [0.29, 0.717) is 18.1 Å². The molecule has 138 valence electrons. The van der Waals surface area contributed by atoms with Crippen molar-refractivity contribution in [1.29, 1.82) is 0 Å². The van der Waals surface area contributed by atoms with Crippen molar-refractivity contribution in [2.45, 2.75) is 13.3 Å². The number of rotatable bonds is 7. The number of nitrogens with zero attached hydrogens (tertiary/aromatic N) is 2. The zero-order valence-electron chi connectivity index (χ0n) is 15.4. The number of amides is 1. The molecular weight excluding hydrogens is 340 g/mol. The van der Waals surface area contributed by atoms with E-state index in [0.717, 1.165) is 29.0 Å². The predicted octanol–water partition coefficient (Wildman–Crippen LogP) is 3.70. The van der Waals surface area contributed by atoms with Gasteiger partial charge in [-0.25, -0.2) is 9.97 Å². The Morgan fingerprint density at radius 3 is 2.74 bits per heavy atom. The molecule has 6 nitrogen and oxygen atoms in total. The van der Waals surface area contributed by atoms with E-state index in [-0.39, 0.29) is 5.91 Å². The lowest BCUT2D eigenvalue weighted by molar-refractivity contribution is 0.102. The Morgan fingerprint density at radius 2 is 1.93 bits per heavy atom. The van der Waals surface area contributed by atoms with Crippen LogP contribution in [-0.2, 0) is 6.42 Å². The fourth-order valence-electron chi connectivity index (χ4n) is 2.66. The monoisotopic (exact) mass is 362 g/mol. The third kappa shape index (κ3) is 5.28. The van der Waals surface area contributed by atoms with Gasteiger partial charge in [0, 0.05) is 18.3 Å². The molecule has 0 spiro atoms. The summed E-state index contributed by atoms with van der Waals surface area (Å²) in [7, 11) is 1.65. The van der Waals surface area contributed by atoms with E-state index in [1.54, 1.807) is 13.2 Å². The van der Waals surface area contributed by atoms with E-state index >= 15 is 0 Å². The highest BCUT2D eigenvalue weighted by Crippen LogP contribution is 2.14. The second-order valence-electron chi connectivity index (χ2n) is 6.14. The first-order chi connectivity index (χ1) is 13.1. The summed E-state index contributed by atoms with van der Waals surface area (Å²) in [6, 6.07) is 17.2. The van der Waals surface area contributed by atoms with Crippen LogP contribution in [-0.4, -0.2) is 29.5 Å². The SMILES string of the molecule is COc1cccc(CCNc2cc(C(=O)Nc3cccc(C)c3)ncn2)c1. The minimum Gasteiger partial charge on any atom is -0.497 e. The molecule has 3 aromatic rings. The number of ether oxygens (including phenoxy) is 1. The lowest BCUT2D eigenvalue weighted by atomic mass is 10.1. The molecule has 0 aliphatic rings. The summed E-state index contributed by atoms with van der Waals surface area (Å²) in [5.74, 6) is 1.19. The highest BCUT2D eigenvalue weighted by molar-refractivity contribution is 6.03. The average Bonchev–Trinajstić information content (AvgIpc) is 2.68. The van der Waals surface area contributed by atoms with Gasteiger partial charge in [-0.15, -0.1) is 0 Å². The summed E-state index contributed by atoms with van der Waals surface area (Å²) in [5.41, 5.74) is 3.30. The first-order valence-electron chi connectivity index (χ1n) is 8.71. The van der Waals surface area contributed by atoms with Gasteiger partial charge in [0.1, 0.15) is 23.6 Å². The van der Waals surface area contributed by atoms with Gasteiger partial charge in [0.25, 0.3) is 5.91 Å². The summed E-state index contributed by atoms with van der Waals surface area (Å²) in [6.45, 7) is 2.66. The van der Waals surface area contributed by atoms with Crippen molar-refractivity contribution in [3.63, 3.8) is 0 Å². The highest BCUT2D eigenvalue weighted by atomic mass is 16.5. The molecule has 1 amide bonds. The summed E-state index contributed by atoms with van der Waals surface area (Å²) in [6.07, 6.45) is 2.20. The number of hydrogen-bond donors (Lipinski definition) is 2. The van der Waals surface area contributed by atoms with Gasteiger partial charge in [-0.2, -0.15) is 0 Å². The lowest BCUT2D eigenvalue weighted by Gasteiger charge is -2.09. The van der Waals surface area contributed by atoms with Gasteiger partial charge in [-0.05, 0) is 48.7 Å². The van der Waals surface area contributed by atoms with Crippen molar-refractivity contribution in [3.8, 4) is 5.75 Å². The number of aryl methyl sites for hydroxylation is 1. The molecule has 1 heterocycles. The van der Waals surface area contributed by atoms with Crippen molar-refractivity contribution >= 4 is 17.4 Å². The number of methoxy groups -OCH3 is 1. The van der Waals surface area contributed by atoms with Crippen LogP contribution in [0.1, 0.15) is 21.6 Å². The number of aromatic nitrogens is 2.